The minimum atomic E-state index is -0.563. The first kappa shape index (κ1) is 16.1. The summed E-state index contributed by atoms with van der Waals surface area (Å²) in [6.45, 7) is 2.40. The first-order valence-electron chi connectivity index (χ1n) is 8.09. The topological polar surface area (TPSA) is 75.0 Å². The molecule has 4 aromatic rings. The third kappa shape index (κ3) is 2.46. The molecule has 7 nitrogen and oxygen atoms in total. The molecule has 0 saturated carbocycles. The molecule has 0 aliphatic carbocycles. The van der Waals surface area contributed by atoms with Gasteiger partial charge in [0.15, 0.2) is 11.2 Å². The summed E-state index contributed by atoms with van der Waals surface area (Å²) >= 11 is 0. The van der Waals surface area contributed by atoms with E-state index < -0.39 is 17.1 Å². The first-order chi connectivity index (χ1) is 12.6. The molecule has 132 valence electrons. The van der Waals surface area contributed by atoms with Gasteiger partial charge in [-0.05, 0) is 43.3 Å². The van der Waals surface area contributed by atoms with Gasteiger partial charge in [-0.2, -0.15) is 0 Å². The molecule has 3 aromatic heterocycles. The van der Waals surface area contributed by atoms with Gasteiger partial charge in [0.25, 0.3) is 5.56 Å². The maximum absolute atomic E-state index is 13.3. The van der Waals surface area contributed by atoms with Crippen LogP contribution in [0.2, 0.25) is 0 Å². The second-order valence-corrected chi connectivity index (χ2v) is 5.77. The van der Waals surface area contributed by atoms with Crippen molar-refractivity contribution in [3.05, 3.63) is 81.4 Å². The Kier molecular flexibility index (Phi) is 3.80. The summed E-state index contributed by atoms with van der Waals surface area (Å²) in [4.78, 5) is 30.2. The number of fused-ring (bicyclic) bond motifs is 1. The van der Waals surface area contributed by atoms with E-state index in [1.165, 1.54) is 41.4 Å². The smallest absolute Gasteiger partial charge is 0.337 e. The molecule has 0 unspecified atom stereocenters. The fraction of sp³-hybridized carbons (Fsp3) is 0.167. The van der Waals surface area contributed by atoms with Crippen LogP contribution in [-0.2, 0) is 13.1 Å². The number of hydrogen-bond donors (Lipinski definition) is 0. The Labute approximate surface area is 146 Å². The normalized spacial score (nSPS) is 11.3. The van der Waals surface area contributed by atoms with Crippen molar-refractivity contribution < 1.29 is 8.81 Å². The van der Waals surface area contributed by atoms with E-state index in [4.69, 9.17) is 4.42 Å². The van der Waals surface area contributed by atoms with Gasteiger partial charge in [0.1, 0.15) is 11.6 Å². The summed E-state index contributed by atoms with van der Waals surface area (Å²) in [6, 6.07) is 8.84. The highest BCUT2D eigenvalue weighted by Gasteiger charge is 2.19. The molecule has 0 spiro atoms. The number of furan rings is 1. The van der Waals surface area contributed by atoms with E-state index >= 15 is 0 Å². The van der Waals surface area contributed by atoms with E-state index in [9.17, 15) is 14.0 Å². The molecule has 0 atom stereocenters. The molecule has 0 fully saturated rings. The van der Waals surface area contributed by atoms with Crippen LogP contribution in [0.3, 0.4) is 0 Å². The predicted molar refractivity (Wildman–Crippen MR) is 93.0 cm³/mol. The van der Waals surface area contributed by atoms with Gasteiger partial charge in [-0.1, -0.05) is 0 Å². The number of halogens is 1. The maximum Gasteiger partial charge on any atom is 0.337 e. The van der Waals surface area contributed by atoms with Gasteiger partial charge < -0.3 is 8.98 Å². The molecule has 1 aromatic carbocycles. The average Bonchev–Trinajstić information content (AvgIpc) is 3.29. The van der Waals surface area contributed by atoms with Gasteiger partial charge in [-0.3, -0.25) is 9.36 Å². The maximum atomic E-state index is 13.3. The van der Waals surface area contributed by atoms with Crippen molar-refractivity contribution in [3.63, 3.8) is 0 Å². The summed E-state index contributed by atoms with van der Waals surface area (Å²) in [5.74, 6) is 0.0674. The van der Waals surface area contributed by atoms with Crippen LogP contribution >= 0.6 is 0 Å². The quantitative estimate of drug-likeness (QED) is 0.563. The molecular weight excluding hydrogens is 339 g/mol. The minimum absolute atomic E-state index is 0.00328. The van der Waals surface area contributed by atoms with Crippen LogP contribution in [0, 0.1) is 5.82 Å². The molecule has 26 heavy (non-hydrogen) atoms. The van der Waals surface area contributed by atoms with Gasteiger partial charge in [0.2, 0.25) is 0 Å². The van der Waals surface area contributed by atoms with E-state index in [1.807, 2.05) is 6.92 Å². The lowest BCUT2D eigenvalue weighted by atomic mass is 10.3. The number of benzene rings is 1. The predicted octanol–water partition coefficient (Wildman–Crippen LogP) is 2.15. The molecular formula is C18H15FN4O3. The number of rotatable bonds is 4. The zero-order valence-electron chi connectivity index (χ0n) is 13.9. The van der Waals surface area contributed by atoms with Gasteiger partial charge in [0.05, 0.1) is 24.8 Å². The van der Waals surface area contributed by atoms with E-state index in [0.717, 1.165) is 4.57 Å². The Morgan fingerprint density at radius 2 is 1.92 bits per heavy atom. The molecule has 0 saturated heterocycles. The summed E-state index contributed by atoms with van der Waals surface area (Å²) in [7, 11) is 0. The standard InChI is InChI=1S/C18H15FN4O3/c1-2-21-11-20-16-15(21)17(24)22(10-14-4-3-9-26-14)18(25)23(16)13-7-5-12(19)6-8-13/h3-9,11H,2,10H2,1H3. The molecule has 3 heterocycles. The van der Waals surface area contributed by atoms with Gasteiger partial charge >= 0.3 is 5.69 Å². The molecule has 0 radical (unpaired) electrons. The average molecular weight is 354 g/mol. The van der Waals surface area contributed by atoms with E-state index in [2.05, 4.69) is 4.98 Å². The zero-order chi connectivity index (χ0) is 18.3. The van der Waals surface area contributed by atoms with Crippen LogP contribution in [0.5, 0.6) is 0 Å². The molecule has 0 bridgehead atoms. The molecule has 0 amide bonds. The van der Waals surface area contributed by atoms with Crippen molar-refractivity contribution in [2.45, 2.75) is 20.0 Å². The SMILES string of the molecule is CCn1cnc2c1c(=O)n(Cc1ccco1)c(=O)n2-c1ccc(F)cc1. The minimum Gasteiger partial charge on any atom is -0.467 e. The lowest BCUT2D eigenvalue weighted by Gasteiger charge is -2.11. The highest BCUT2D eigenvalue weighted by atomic mass is 19.1. The summed E-state index contributed by atoms with van der Waals surface area (Å²) < 4.78 is 22.7. The van der Waals surface area contributed by atoms with Crippen molar-refractivity contribution in [2.75, 3.05) is 0 Å². The van der Waals surface area contributed by atoms with Crippen LogP contribution in [0.1, 0.15) is 12.7 Å². The largest absolute Gasteiger partial charge is 0.467 e. The van der Waals surface area contributed by atoms with Crippen molar-refractivity contribution in [1.29, 1.82) is 0 Å². The third-order valence-corrected chi connectivity index (χ3v) is 4.22. The van der Waals surface area contributed by atoms with Crippen LogP contribution in [-0.4, -0.2) is 18.7 Å². The first-order valence-corrected chi connectivity index (χ1v) is 8.09. The second kappa shape index (κ2) is 6.14. The number of aromatic nitrogens is 4. The van der Waals surface area contributed by atoms with E-state index in [0.29, 0.717) is 23.5 Å². The molecule has 0 aliphatic heterocycles. The van der Waals surface area contributed by atoms with Gasteiger partial charge in [-0.15, -0.1) is 0 Å². The summed E-state index contributed by atoms with van der Waals surface area (Å²) in [6.07, 6.45) is 3.00. The Hall–Kier alpha value is -3.42. The molecule has 0 aliphatic rings. The molecule has 0 N–H and O–H groups in total. The van der Waals surface area contributed by atoms with Gasteiger partial charge in [-0.25, -0.2) is 18.7 Å². The Morgan fingerprint density at radius 1 is 1.15 bits per heavy atom. The Morgan fingerprint density at radius 3 is 2.58 bits per heavy atom. The van der Waals surface area contributed by atoms with Gasteiger partial charge in [0, 0.05) is 6.54 Å². The number of hydrogen-bond acceptors (Lipinski definition) is 4. The van der Waals surface area contributed by atoms with Crippen molar-refractivity contribution in [1.82, 2.24) is 18.7 Å². The third-order valence-electron chi connectivity index (χ3n) is 4.22. The van der Waals surface area contributed by atoms with E-state index in [-0.39, 0.29) is 12.2 Å². The highest BCUT2D eigenvalue weighted by Crippen LogP contribution is 2.14. The summed E-state index contributed by atoms with van der Waals surface area (Å²) in [5.41, 5.74) is -0.0333. The fourth-order valence-corrected chi connectivity index (χ4v) is 2.94. The van der Waals surface area contributed by atoms with Crippen molar-refractivity contribution in [3.8, 4) is 5.69 Å². The lowest BCUT2D eigenvalue weighted by molar-refractivity contribution is 0.482. The number of nitrogens with zero attached hydrogens (tertiary/aromatic N) is 4. The van der Waals surface area contributed by atoms with Crippen LogP contribution in [0.4, 0.5) is 4.39 Å². The zero-order valence-corrected chi connectivity index (χ0v) is 13.9. The Bertz CT molecular complexity index is 1180. The van der Waals surface area contributed by atoms with Crippen LogP contribution < -0.4 is 11.2 Å². The molecule has 4 rings (SSSR count). The fourth-order valence-electron chi connectivity index (χ4n) is 2.94. The number of imidazole rings is 1. The van der Waals surface area contributed by atoms with Crippen LogP contribution in [0.25, 0.3) is 16.9 Å². The van der Waals surface area contributed by atoms with Crippen molar-refractivity contribution in [2.24, 2.45) is 0 Å². The lowest BCUT2D eigenvalue weighted by Crippen LogP contribution is -2.40. The molecule has 8 heteroatoms. The monoisotopic (exact) mass is 354 g/mol. The Balaban J connectivity index is 2.07. The van der Waals surface area contributed by atoms with E-state index in [1.54, 1.807) is 16.7 Å². The highest BCUT2D eigenvalue weighted by molar-refractivity contribution is 5.72. The summed E-state index contributed by atoms with van der Waals surface area (Å²) in [5, 5.41) is 0. The second-order valence-electron chi connectivity index (χ2n) is 5.77. The number of aryl methyl sites for hydroxylation is 1. The van der Waals surface area contributed by atoms with Crippen molar-refractivity contribution >= 4 is 11.2 Å². The van der Waals surface area contributed by atoms with Crippen LogP contribution in [0.15, 0.2) is 63.0 Å².